The van der Waals surface area contributed by atoms with Gasteiger partial charge in [-0.25, -0.2) is 0 Å². The van der Waals surface area contributed by atoms with Gasteiger partial charge >= 0.3 is 0 Å². The molecule has 0 aliphatic rings. The molecule has 14 aromatic rings. The number of rotatable bonds is 5. The molecule has 13 aromatic carbocycles. The summed E-state index contributed by atoms with van der Waals surface area (Å²) >= 11 is 1.92. The van der Waals surface area contributed by atoms with E-state index in [-0.39, 0.29) is 0 Å². The van der Waals surface area contributed by atoms with Gasteiger partial charge in [-0.3, -0.25) is 0 Å². The van der Waals surface area contributed by atoms with Crippen LogP contribution in [0.3, 0.4) is 0 Å². The summed E-state index contributed by atoms with van der Waals surface area (Å²) in [7, 11) is 0. The van der Waals surface area contributed by atoms with Gasteiger partial charge in [-0.05, 0) is 158 Å². The third-order valence-corrected chi connectivity index (χ3v) is 15.5. The minimum absolute atomic E-state index is 1.22. The highest BCUT2D eigenvalue weighted by Gasteiger charge is 2.19. The van der Waals surface area contributed by atoms with Crippen molar-refractivity contribution in [3.05, 3.63) is 230 Å². The summed E-state index contributed by atoms with van der Waals surface area (Å²) in [5, 5.41) is 18.4. The highest BCUT2D eigenvalue weighted by molar-refractivity contribution is 7.26. The predicted octanol–water partition coefficient (Wildman–Crippen LogP) is 19.1. The lowest BCUT2D eigenvalue weighted by atomic mass is 9.85. The van der Waals surface area contributed by atoms with Gasteiger partial charge in [-0.1, -0.05) is 194 Å². The first-order valence-electron chi connectivity index (χ1n) is 22.9. The fourth-order valence-electron chi connectivity index (χ4n) is 11.2. The van der Waals surface area contributed by atoms with Gasteiger partial charge in [0.25, 0.3) is 0 Å². The molecule has 306 valence electrons. The van der Waals surface area contributed by atoms with Crippen LogP contribution < -0.4 is 0 Å². The molecule has 0 nitrogen and oxygen atoms in total. The van der Waals surface area contributed by atoms with Crippen LogP contribution in [0.2, 0.25) is 0 Å². The monoisotopic (exact) mass is 852 g/mol. The molecule has 0 saturated heterocycles. The number of hydrogen-bond donors (Lipinski definition) is 0. The smallest absolute Gasteiger partial charge is 0.0440 e. The second kappa shape index (κ2) is 14.5. The zero-order valence-corrected chi connectivity index (χ0v) is 37.1. The Bertz CT molecular complexity index is 4190. The van der Waals surface area contributed by atoms with Crippen LogP contribution in [0, 0.1) is 6.92 Å². The van der Waals surface area contributed by atoms with Crippen LogP contribution in [0.25, 0.3) is 140 Å². The molecule has 0 amide bonds. The first kappa shape index (κ1) is 37.3. The van der Waals surface area contributed by atoms with Gasteiger partial charge in [-0.2, -0.15) is 0 Å². The summed E-state index contributed by atoms with van der Waals surface area (Å²) in [6, 6.07) is 83.9. The number of fused-ring (bicyclic) bond motifs is 10. The average Bonchev–Trinajstić information content (AvgIpc) is 3.77. The van der Waals surface area contributed by atoms with Crippen LogP contribution in [0.5, 0.6) is 0 Å². The quantitative estimate of drug-likeness (QED) is 0.151. The maximum absolute atomic E-state index is 2.43. The van der Waals surface area contributed by atoms with Crippen LogP contribution in [0.15, 0.2) is 224 Å². The number of thiophene rings is 1. The van der Waals surface area contributed by atoms with Crippen LogP contribution in [0.1, 0.15) is 5.56 Å². The van der Waals surface area contributed by atoms with Gasteiger partial charge in [0.2, 0.25) is 0 Å². The molecular weight excluding hydrogens is 813 g/mol. The Balaban J connectivity index is 0.896. The second-order valence-electron chi connectivity index (χ2n) is 18.0. The fourth-order valence-corrected chi connectivity index (χ4v) is 12.5. The second-order valence-corrected chi connectivity index (χ2v) is 19.0. The standard InChI is InChI=1S/C65H40S/c1-39-34-44(24-26-49(39)45-25-29-53-58-32-33-59-54-17-10-11-19-61(54)66-65(59)64(58)55-18-9-8-16-52(55)60(53)38-45)50-27-20-42-23-31-57-51(28-21-43-22-30-56(50)62(42)63(43)57)48-36-46(40-12-4-2-5-13-40)35-47(37-48)41-14-6-3-7-15-41/h2-38H,1H3. The van der Waals surface area contributed by atoms with E-state index in [0.717, 1.165) is 0 Å². The summed E-state index contributed by atoms with van der Waals surface area (Å²) in [5.74, 6) is 0. The van der Waals surface area contributed by atoms with Crippen molar-refractivity contribution in [3.8, 4) is 55.6 Å². The van der Waals surface area contributed by atoms with Crippen molar-refractivity contribution in [1.29, 1.82) is 0 Å². The minimum atomic E-state index is 1.22. The van der Waals surface area contributed by atoms with Crippen molar-refractivity contribution in [3.63, 3.8) is 0 Å². The Morgan fingerprint density at radius 1 is 0.258 bits per heavy atom. The SMILES string of the molecule is Cc1cc(-c2ccc3ccc4c(-c5cc(-c6ccccc6)cc(-c6ccccc6)c5)ccc5ccc2c3c54)ccc1-c1ccc2c(c1)c1ccccc1c1c2ccc2c3ccccc3sc21. The Hall–Kier alpha value is -8.10. The van der Waals surface area contributed by atoms with Crippen LogP contribution in [-0.4, -0.2) is 0 Å². The van der Waals surface area contributed by atoms with Crippen LogP contribution in [-0.2, 0) is 0 Å². The number of hydrogen-bond acceptors (Lipinski definition) is 1. The molecule has 66 heavy (non-hydrogen) atoms. The van der Waals surface area contributed by atoms with Gasteiger partial charge in [0, 0.05) is 25.6 Å². The van der Waals surface area contributed by atoms with Gasteiger partial charge in [0.1, 0.15) is 0 Å². The Kier molecular flexibility index (Phi) is 8.17. The van der Waals surface area contributed by atoms with Gasteiger partial charge in [0.15, 0.2) is 0 Å². The molecule has 1 heterocycles. The lowest BCUT2D eigenvalue weighted by Crippen LogP contribution is -1.91. The molecule has 1 aromatic heterocycles. The first-order chi connectivity index (χ1) is 32.6. The molecule has 0 aliphatic carbocycles. The zero-order valence-electron chi connectivity index (χ0n) is 36.3. The van der Waals surface area contributed by atoms with E-state index in [4.69, 9.17) is 0 Å². The average molecular weight is 853 g/mol. The summed E-state index contributed by atoms with van der Waals surface area (Å²) in [5.41, 5.74) is 13.6. The van der Waals surface area contributed by atoms with E-state index < -0.39 is 0 Å². The number of aryl methyl sites for hydroxylation is 1. The van der Waals surface area contributed by atoms with Gasteiger partial charge in [0.05, 0.1) is 0 Å². The highest BCUT2D eigenvalue weighted by Crippen LogP contribution is 2.47. The van der Waals surface area contributed by atoms with Crippen molar-refractivity contribution in [2.45, 2.75) is 6.92 Å². The Morgan fingerprint density at radius 2 is 0.727 bits per heavy atom. The molecule has 0 fully saturated rings. The van der Waals surface area contributed by atoms with E-state index in [0.29, 0.717) is 0 Å². The molecule has 1 heteroatoms. The van der Waals surface area contributed by atoms with Crippen LogP contribution in [0.4, 0.5) is 0 Å². The summed E-state index contributed by atoms with van der Waals surface area (Å²) < 4.78 is 2.72. The molecule has 0 unspecified atom stereocenters. The van der Waals surface area contributed by atoms with E-state index in [2.05, 4.69) is 231 Å². The maximum Gasteiger partial charge on any atom is 0.0440 e. The van der Waals surface area contributed by atoms with E-state index in [1.807, 2.05) is 11.3 Å². The van der Waals surface area contributed by atoms with Gasteiger partial charge in [-0.15, -0.1) is 11.3 Å². The molecular formula is C65H40S. The molecule has 0 bridgehead atoms. The zero-order chi connectivity index (χ0) is 43.5. The predicted molar refractivity (Wildman–Crippen MR) is 287 cm³/mol. The molecule has 0 saturated carbocycles. The minimum Gasteiger partial charge on any atom is -0.135 e. The molecule has 0 aliphatic heterocycles. The van der Waals surface area contributed by atoms with Crippen molar-refractivity contribution >= 4 is 96.1 Å². The lowest BCUT2D eigenvalue weighted by Gasteiger charge is -2.18. The summed E-state index contributed by atoms with van der Waals surface area (Å²) in [6.07, 6.45) is 0. The molecule has 0 atom stereocenters. The van der Waals surface area contributed by atoms with E-state index in [1.165, 1.54) is 146 Å². The third kappa shape index (κ3) is 5.64. The van der Waals surface area contributed by atoms with E-state index in [1.54, 1.807) is 0 Å². The molecule has 0 radical (unpaired) electrons. The van der Waals surface area contributed by atoms with Crippen molar-refractivity contribution in [2.75, 3.05) is 0 Å². The normalized spacial score (nSPS) is 12.0. The third-order valence-electron chi connectivity index (χ3n) is 14.3. The molecule has 14 rings (SSSR count). The maximum atomic E-state index is 2.43. The van der Waals surface area contributed by atoms with Crippen molar-refractivity contribution in [1.82, 2.24) is 0 Å². The van der Waals surface area contributed by atoms with E-state index in [9.17, 15) is 0 Å². The van der Waals surface area contributed by atoms with E-state index >= 15 is 0 Å². The Morgan fingerprint density at radius 3 is 1.41 bits per heavy atom. The fraction of sp³-hybridized carbons (Fsp3) is 0.0154. The topological polar surface area (TPSA) is 0 Å². The number of benzene rings is 13. The lowest BCUT2D eigenvalue weighted by molar-refractivity contribution is 1.46. The highest BCUT2D eigenvalue weighted by atomic mass is 32.1. The molecule has 0 spiro atoms. The largest absolute Gasteiger partial charge is 0.135 e. The van der Waals surface area contributed by atoms with Crippen molar-refractivity contribution < 1.29 is 0 Å². The summed E-state index contributed by atoms with van der Waals surface area (Å²) in [6.45, 7) is 2.27. The van der Waals surface area contributed by atoms with Gasteiger partial charge < -0.3 is 0 Å². The Labute approximate surface area is 386 Å². The van der Waals surface area contributed by atoms with Crippen molar-refractivity contribution in [2.24, 2.45) is 0 Å². The summed E-state index contributed by atoms with van der Waals surface area (Å²) in [4.78, 5) is 0. The van der Waals surface area contributed by atoms with Crippen LogP contribution >= 0.6 is 11.3 Å². The molecule has 0 N–H and O–H groups in total. The first-order valence-corrected chi connectivity index (χ1v) is 23.7.